The van der Waals surface area contributed by atoms with E-state index in [0.29, 0.717) is 13.1 Å². The summed E-state index contributed by atoms with van der Waals surface area (Å²) in [7, 11) is 2.01. The number of aromatic nitrogens is 1. The highest BCUT2D eigenvalue weighted by atomic mass is 16.3. The van der Waals surface area contributed by atoms with E-state index in [2.05, 4.69) is 15.2 Å². The Kier molecular flexibility index (Phi) is 6.00. The van der Waals surface area contributed by atoms with Gasteiger partial charge in [0.2, 0.25) is 0 Å². The predicted molar refractivity (Wildman–Crippen MR) is 65.1 cm³/mol. The lowest BCUT2D eigenvalue weighted by Gasteiger charge is -2.20. The Hall–Kier alpha value is -0.970. The van der Waals surface area contributed by atoms with Crippen LogP contribution in [0.2, 0.25) is 0 Å². The quantitative estimate of drug-likeness (QED) is 0.706. The molecule has 0 aliphatic rings. The molecule has 2 N–H and O–H groups in total. The van der Waals surface area contributed by atoms with Crippen molar-refractivity contribution in [3.05, 3.63) is 30.1 Å². The zero-order chi connectivity index (χ0) is 11.8. The summed E-state index contributed by atoms with van der Waals surface area (Å²) in [6.45, 7) is 5.09. The maximum Gasteiger partial charge on any atom is 0.0791 e. The van der Waals surface area contributed by atoms with Crippen molar-refractivity contribution in [2.45, 2.75) is 19.6 Å². The van der Waals surface area contributed by atoms with Gasteiger partial charge in [-0.05, 0) is 31.3 Å². The minimum atomic E-state index is -0.313. The zero-order valence-corrected chi connectivity index (χ0v) is 10.1. The van der Waals surface area contributed by atoms with Crippen LogP contribution in [0, 0.1) is 0 Å². The molecule has 0 spiro atoms. The fourth-order valence-corrected chi connectivity index (χ4v) is 1.60. The summed E-state index contributed by atoms with van der Waals surface area (Å²) in [6.07, 6.45) is 3.27. The Labute approximate surface area is 97.3 Å². The molecule has 0 bridgehead atoms. The molecule has 0 aliphatic heterocycles. The van der Waals surface area contributed by atoms with Gasteiger partial charge in [0.05, 0.1) is 6.10 Å². The maximum absolute atomic E-state index is 9.71. The van der Waals surface area contributed by atoms with Crippen LogP contribution in [0.5, 0.6) is 0 Å². The molecule has 1 unspecified atom stereocenters. The molecule has 4 heteroatoms. The summed E-state index contributed by atoms with van der Waals surface area (Å²) in [5, 5.41) is 12.8. The van der Waals surface area contributed by atoms with Crippen LogP contribution in [0.15, 0.2) is 24.5 Å². The van der Waals surface area contributed by atoms with Gasteiger partial charge in [-0.3, -0.25) is 9.88 Å². The number of pyridine rings is 1. The molecule has 1 heterocycles. The van der Waals surface area contributed by atoms with E-state index >= 15 is 0 Å². The molecule has 0 fully saturated rings. The molecular formula is C12H21N3O. The van der Waals surface area contributed by atoms with Crippen molar-refractivity contribution in [2.75, 3.05) is 26.7 Å². The second-order valence-corrected chi connectivity index (χ2v) is 4.01. The molecule has 1 aromatic heterocycles. The highest BCUT2D eigenvalue weighted by Crippen LogP contribution is 2.01. The lowest BCUT2D eigenvalue weighted by Crippen LogP contribution is -2.36. The standard InChI is InChI=1S/C12H21N3O/c1-3-13-8-12(16)10-15(2)9-11-4-6-14-7-5-11/h4-7,12-13,16H,3,8-10H2,1-2H3. The number of likely N-dealkylation sites (N-methyl/N-ethyl adjacent to an activating group) is 2. The van der Waals surface area contributed by atoms with E-state index in [1.54, 1.807) is 12.4 Å². The lowest BCUT2D eigenvalue weighted by atomic mass is 10.2. The van der Waals surface area contributed by atoms with Gasteiger partial charge in [0.15, 0.2) is 0 Å². The molecular weight excluding hydrogens is 202 g/mol. The van der Waals surface area contributed by atoms with Gasteiger partial charge < -0.3 is 10.4 Å². The van der Waals surface area contributed by atoms with E-state index in [9.17, 15) is 5.11 Å². The summed E-state index contributed by atoms with van der Waals surface area (Å²) < 4.78 is 0. The summed E-state index contributed by atoms with van der Waals surface area (Å²) in [5.41, 5.74) is 1.22. The fourth-order valence-electron chi connectivity index (χ4n) is 1.60. The normalized spacial score (nSPS) is 13.0. The summed E-state index contributed by atoms with van der Waals surface area (Å²) in [6, 6.07) is 3.99. The van der Waals surface area contributed by atoms with Gasteiger partial charge in [0.25, 0.3) is 0 Å². The molecule has 0 aromatic carbocycles. The average Bonchev–Trinajstić information content (AvgIpc) is 2.27. The number of hydrogen-bond donors (Lipinski definition) is 2. The van der Waals surface area contributed by atoms with Gasteiger partial charge in [-0.1, -0.05) is 6.92 Å². The van der Waals surface area contributed by atoms with Crippen molar-refractivity contribution in [1.29, 1.82) is 0 Å². The monoisotopic (exact) mass is 223 g/mol. The van der Waals surface area contributed by atoms with Crippen molar-refractivity contribution in [1.82, 2.24) is 15.2 Å². The van der Waals surface area contributed by atoms with Crippen LogP contribution < -0.4 is 5.32 Å². The first-order valence-electron chi connectivity index (χ1n) is 5.68. The highest BCUT2D eigenvalue weighted by molar-refractivity contribution is 5.09. The maximum atomic E-state index is 9.71. The van der Waals surface area contributed by atoms with Gasteiger partial charge in [-0.15, -0.1) is 0 Å². The SMILES string of the molecule is CCNCC(O)CN(C)Cc1ccncc1. The largest absolute Gasteiger partial charge is 0.390 e. The van der Waals surface area contributed by atoms with Crippen LogP contribution in [0.3, 0.4) is 0 Å². The minimum absolute atomic E-state index is 0.313. The molecule has 16 heavy (non-hydrogen) atoms. The number of hydrogen-bond acceptors (Lipinski definition) is 4. The third-order valence-corrected chi connectivity index (χ3v) is 2.35. The molecule has 0 radical (unpaired) electrons. The minimum Gasteiger partial charge on any atom is -0.390 e. The Balaban J connectivity index is 2.27. The van der Waals surface area contributed by atoms with Crippen molar-refractivity contribution in [3.8, 4) is 0 Å². The smallest absolute Gasteiger partial charge is 0.0791 e. The van der Waals surface area contributed by atoms with Crippen LogP contribution in [0.4, 0.5) is 0 Å². The Bertz CT molecular complexity index is 279. The molecule has 1 rings (SSSR count). The first kappa shape index (κ1) is 13.1. The molecule has 0 amide bonds. The molecule has 4 nitrogen and oxygen atoms in total. The van der Waals surface area contributed by atoms with Crippen LogP contribution in [-0.4, -0.2) is 47.8 Å². The van der Waals surface area contributed by atoms with Gasteiger partial charge in [-0.2, -0.15) is 0 Å². The van der Waals surface area contributed by atoms with Gasteiger partial charge in [0.1, 0.15) is 0 Å². The summed E-state index contributed by atoms with van der Waals surface area (Å²) in [5.74, 6) is 0. The average molecular weight is 223 g/mol. The van der Waals surface area contributed by atoms with Crippen molar-refractivity contribution in [2.24, 2.45) is 0 Å². The first-order valence-corrected chi connectivity index (χ1v) is 5.68. The molecule has 90 valence electrons. The van der Waals surface area contributed by atoms with Crippen LogP contribution in [-0.2, 0) is 6.54 Å². The lowest BCUT2D eigenvalue weighted by molar-refractivity contribution is 0.122. The number of aliphatic hydroxyl groups is 1. The molecule has 0 aliphatic carbocycles. The van der Waals surface area contributed by atoms with Gasteiger partial charge in [-0.25, -0.2) is 0 Å². The second kappa shape index (κ2) is 7.33. The van der Waals surface area contributed by atoms with E-state index < -0.39 is 0 Å². The third kappa shape index (κ3) is 5.21. The van der Waals surface area contributed by atoms with Crippen molar-refractivity contribution in [3.63, 3.8) is 0 Å². The van der Waals surface area contributed by atoms with Gasteiger partial charge >= 0.3 is 0 Å². The molecule has 1 aromatic rings. The highest BCUT2D eigenvalue weighted by Gasteiger charge is 2.07. The second-order valence-electron chi connectivity index (χ2n) is 4.01. The van der Waals surface area contributed by atoms with E-state index in [1.165, 1.54) is 5.56 Å². The topological polar surface area (TPSA) is 48.4 Å². The van der Waals surface area contributed by atoms with Crippen LogP contribution in [0.25, 0.3) is 0 Å². The van der Waals surface area contributed by atoms with Gasteiger partial charge in [0, 0.05) is 32.0 Å². The van der Waals surface area contributed by atoms with Crippen LogP contribution >= 0.6 is 0 Å². The Morgan fingerprint density at radius 1 is 1.44 bits per heavy atom. The Morgan fingerprint density at radius 2 is 2.12 bits per heavy atom. The van der Waals surface area contributed by atoms with E-state index in [1.807, 2.05) is 26.1 Å². The number of nitrogens with zero attached hydrogens (tertiary/aromatic N) is 2. The first-order chi connectivity index (χ1) is 7.72. The van der Waals surface area contributed by atoms with E-state index in [-0.39, 0.29) is 6.10 Å². The van der Waals surface area contributed by atoms with E-state index in [0.717, 1.165) is 13.1 Å². The molecule has 0 saturated heterocycles. The Morgan fingerprint density at radius 3 is 2.75 bits per heavy atom. The molecule has 0 saturated carbocycles. The predicted octanol–water partition coefficient (Wildman–Crippen LogP) is 0.484. The third-order valence-electron chi connectivity index (χ3n) is 2.35. The van der Waals surface area contributed by atoms with E-state index in [4.69, 9.17) is 0 Å². The van der Waals surface area contributed by atoms with Crippen molar-refractivity contribution >= 4 is 0 Å². The fraction of sp³-hybridized carbons (Fsp3) is 0.583. The van der Waals surface area contributed by atoms with Crippen LogP contribution in [0.1, 0.15) is 12.5 Å². The summed E-state index contributed by atoms with van der Waals surface area (Å²) >= 11 is 0. The number of nitrogens with one attached hydrogen (secondary N) is 1. The van der Waals surface area contributed by atoms with Crippen molar-refractivity contribution < 1.29 is 5.11 Å². The number of aliphatic hydroxyl groups excluding tert-OH is 1. The molecule has 1 atom stereocenters. The zero-order valence-electron chi connectivity index (χ0n) is 10.1. The number of rotatable bonds is 7. The summed E-state index contributed by atoms with van der Waals surface area (Å²) in [4.78, 5) is 6.08.